The second-order valence-corrected chi connectivity index (χ2v) is 6.39. The van der Waals surface area contributed by atoms with E-state index in [2.05, 4.69) is 16.7 Å². The van der Waals surface area contributed by atoms with Crippen molar-refractivity contribution in [1.29, 1.82) is 5.26 Å². The molecule has 1 aromatic rings. The van der Waals surface area contributed by atoms with Gasteiger partial charge < -0.3 is 10.6 Å². The Morgan fingerprint density at radius 1 is 1.50 bits per heavy atom. The highest BCUT2D eigenvalue weighted by Crippen LogP contribution is 2.15. The van der Waals surface area contributed by atoms with Gasteiger partial charge in [0.25, 0.3) is 0 Å². The van der Waals surface area contributed by atoms with Crippen LogP contribution in [0.5, 0.6) is 0 Å². The maximum absolute atomic E-state index is 11.8. The molecule has 98 valence electrons. The zero-order valence-electron chi connectivity index (χ0n) is 11.2. The van der Waals surface area contributed by atoms with Gasteiger partial charge in [0.2, 0.25) is 5.91 Å². The third kappa shape index (κ3) is 4.86. The molecular weight excluding hydrogens is 246 g/mol. The minimum atomic E-state index is -0.253. The summed E-state index contributed by atoms with van der Waals surface area (Å²) in [6.07, 6.45) is 0. The zero-order valence-corrected chi connectivity index (χ0v) is 12.0. The van der Waals surface area contributed by atoms with Gasteiger partial charge in [-0.25, -0.2) is 0 Å². The zero-order chi connectivity index (χ0) is 13.8. The molecule has 0 aliphatic heterocycles. The number of hydrogen-bond donors (Lipinski definition) is 2. The lowest BCUT2D eigenvalue weighted by atomic mass is 10.1. The fourth-order valence-electron chi connectivity index (χ4n) is 1.36. The lowest BCUT2D eigenvalue weighted by Gasteiger charge is -2.23. The molecule has 2 N–H and O–H groups in total. The third-order valence-corrected chi connectivity index (χ3v) is 3.24. The van der Waals surface area contributed by atoms with E-state index in [-0.39, 0.29) is 17.5 Å². The van der Waals surface area contributed by atoms with Crippen molar-refractivity contribution in [3.8, 4) is 6.07 Å². The molecule has 1 rings (SSSR count). The Balaban J connectivity index is 2.44. The molecular formula is C13H19N3OS. The van der Waals surface area contributed by atoms with Crippen LogP contribution in [0.4, 0.5) is 0 Å². The van der Waals surface area contributed by atoms with Crippen LogP contribution in [-0.4, -0.2) is 17.5 Å². The van der Waals surface area contributed by atoms with E-state index in [0.717, 1.165) is 4.88 Å². The molecule has 0 saturated carbocycles. The van der Waals surface area contributed by atoms with E-state index in [9.17, 15) is 4.79 Å². The van der Waals surface area contributed by atoms with Crippen molar-refractivity contribution >= 4 is 17.2 Å². The Labute approximate surface area is 112 Å². The highest BCUT2D eigenvalue weighted by atomic mass is 32.1. The first-order valence-electron chi connectivity index (χ1n) is 5.86. The van der Waals surface area contributed by atoms with E-state index in [0.29, 0.717) is 11.4 Å². The second-order valence-electron chi connectivity index (χ2n) is 5.22. The average Bonchev–Trinajstić information content (AvgIpc) is 2.71. The molecule has 0 aliphatic rings. The minimum Gasteiger partial charge on any atom is -0.350 e. The van der Waals surface area contributed by atoms with Gasteiger partial charge in [-0.3, -0.25) is 4.79 Å². The summed E-state index contributed by atoms with van der Waals surface area (Å²) in [5.41, 5.74) is -0.218. The van der Waals surface area contributed by atoms with E-state index < -0.39 is 0 Å². The number of nitrogens with one attached hydrogen (secondary N) is 2. The molecule has 0 saturated heterocycles. The van der Waals surface area contributed by atoms with Gasteiger partial charge in [-0.2, -0.15) is 5.26 Å². The van der Waals surface area contributed by atoms with Crippen LogP contribution in [0.15, 0.2) is 12.1 Å². The summed E-state index contributed by atoms with van der Waals surface area (Å²) in [4.78, 5) is 13.6. The summed E-state index contributed by atoms with van der Waals surface area (Å²) in [6.45, 7) is 8.30. The fraction of sp³-hybridized carbons (Fsp3) is 0.538. The molecule has 1 atom stereocenters. The maximum atomic E-state index is 11.8. The predicted octanol–water partition coefficient (Wildman–Crippen LogP) is 2.01. The predicted molar refractivity (Wildman–Crippen MR) is 73.2 cm³/mol. The van der Waals surface area contributed by atoms with Crippen molar-refractivity contribution in [2.24, 2.45) is 0 Å². The van der Waals surface area contributed by atoms with Crippen LogP contribution in [0.3, 0.4) is 0 Å². The summed E-state index contributed by atoms with van der Waals surface area (Å²) in [5.74, 6) is -0.0143. The lowest BCUT2D eigenvalue weighted by molar-refractivity contribution is -0.124. The van der Waals surface area contributed by atoms with Gasteiger partial charge in [-0.1, -0.05) is 0 Å². The molecule has 0 bridgehead atoms. The van der Waals surface area contributed by atoms with Gasteiger partial charge in [-0.15, -0.1) is 11.3 Å². The van der Waals surface area contributed by atoms with Crippen molar-refractivity contribution in [2.45, 2.75) is 45.8 Å². The van der Waals surface area contributed by atoms with Crippen molar-refractivity contribution in [2.75, 3.05) is 0 Å². The molecule has 1 amide bonds. The number of thiophene rings is 1. The molecule has 4 nitrogen and oxygen atoms in total. The summed E-state index contributed by atoms with van der Waals surface area (Å²) in [6, 6.07) is 5.55. The van der Waals surface area contributed by atoms with Crippen LogP contribution in [-0.2, 0) is 11.3 Å². The summed E-state index contributed by atoms with van der Waals surface area (Å²) < 4.78 is 0. The van der Waals surface area contributed by atoms with Crippen molar-refractivity contribution < 1.29 is 4.79 Å². The molecule has 18 heavy (non-hydrogen) atoms. The van der Waals surface area contributed by atoms with E-state index in [1.54, 1.807) is 6.07 Å². The minimum absolute atomic E-state index is 0.0143. The summed E-state index contributed by atoms with van der Waals surface area (Å²) in [7, 11) is 0. The van der Waals surface area contributed by atoms with Crippen molar-refractivity contribution in [3.05, 3.63) is 21.9 Å². The Kier molecular flexibility index (Phi) is 4.88. The highest BCUT2D eigenvalue weighted by Gasteiger charge is 2.18. The number of carbonyl (C=O) groups is 1. The molecule has 1 heterocycles. The van der Waals surface area contributed by atoms with E-state index in [1.165, 1.54) is 11.3 Å². The molecule has 0 aliphatic carbocycles. The van der Waals surface area contributed by atoms with Gasteiger partial charge in [0.1, 0.15) is 10.9 Å². The van der Waals surface area contributed by atoms with Crippen molar-refractivity contribution in [3.63, 3.8) is 0 Å². The van der Waals surface area contributed by atoms with Gasteiger partial charge in [0.15, 0.2) is 0 Å². The van der Waals surface area contributed by atoms with E-state index >= 15 is 0 Å². The SMILES string of the molecule is CC(NCc1ccc(C#N)s1)C(=O)NC(C)(C)C. The van der Waals surface area contributed by atoms with Crippen LogP contribution >= 0.6 is 11.3 Å². The highest BCUT2D eigenvalue weighted by molar-refractivity contribution is 7.12. The van der Waals surface area contributed by atoms with Crippen LogP contribution in [0, 0.1) is 11.3 Å². The molecule has 1 unspecified atom stereocenters. The number of nitrogens with zero attached hydrogens (tertiary/aromatic N) is 1. The van der Waals surface area contributed by atoms with Gasteiger partial charge >= 0.3 is 0 Å². The molecule has 0 fully saturated rings. The average molecular weight is 265 g/mol. The normalized spacial score (nSPS) is 12.8. The smallest absolute Gasteiger partial charge is 0.237 e. The molecule has 5 heteroatoms. The molecule has 0 aromatic carbocycles. The summed E-state index contributed by atoms with van der Waals surface area (Å²) >= 11 is 1.44. The number of nitriles is 1. The van der Waals surface area contributed by atoms with E-state index in [4.69, 9.17) is 5.26 Å². The van der Waals surface area contributed by atoms with Crippen LogP contribution < -0.4 is 10.6 Å². The quantitative estimate of drug-likeness (QED) is 0.875. The number of amides is 1. The second kappa shape index (κ2) is 5.98. The lowest BCUT2D eigenvalue weighted by Crippen LogP contribution is -2.49. The molecule has 1 aromatic heterocycles. The fourth-order valence-corrected chi connectivity index (χ4v) is 2.11. The first-order chi connectivity index (χ1) is 8.31. The molecule has 0 spiro atoms. The summed E-state index contributed by atoms with van der Waals surface area (Å²) in [5, 5.41) is 14.8. The first kappa shape index (κ1) is 14.7. The van der Waals surface area contributed by atoms with Crippen LogP contribution in [0.2, 0.25) is 0 Å². The Morgan fingerprint density at radius 2 is 2.17 bits per heavy atom. The maximum Gasteiger partial charge on any atom is 0.237 e. The topological polar surface area (TPSA) is 64.9 Å². The van der Waals surface area contributed by atoms with Gasteiger partial charge in [0.05, 0.1) is 6.04 Å². The number of rotatable bonds is 4. The van der Waals surface area contributed by atoms with E-state index in [1.807, 2.05) is 33.8 Å². The van der Waals surface area contributed by atoms with Gasteiger partial charge in [-0.05, 0) is 39.8 Å². The van der Waals surface area contributed by atoms with Crippen molar-refractivity contribution in [1.82, 2.24) is 10.6 Å². The first-order valence-corrected chi connectivity index (χ1v) is 6.67. The Morgan fingerprint density at radius 3 is 2.67 bits per heavy atom. The molecule has 0 radical (unpaired) electrons. The van der Waals surface area contributed by atoms with Crippen LogP contribution in [0.1, 0.15) is 37.4 Å². The Bertz CT molecular complexity index is 454. The third-order valence-electron chi connectivity index (χ3n) is 2.25. The van der Waals surface area contributed by atoms with Crippen LogP contribution in [0.25, 0.3) is 0 Å². The van der Waals surface area contributed by atoms with Gasteiger partial charge in [0, 0.05) is 17.0 Å². The number of hydrogen-bond acceptors (Lipinski definition) is 4. The Hall–Kier alpha value is -1.38. The monoisotopic (exact) mass is 265 g/mol. The standard InChI is InChI=1S/C13H19N3OS/c1-9(12(17)16-13(2,3)4)15-8-11-6-5-10(7-14)18-11/h5-6,9,15H,8H2,1-4H3,(H,16,17). The number of carbonyl (C=O) groups excluding carboxylic acids is 1. The largest absolute Gasteiger partial charge is 0.350 e.